The average molecular weight is 908 g/mol. The third-order valence-electron chi connectivity index (χ3n) is 14.6. The van der Waals surface area contributed by atoms with Gasteiger partial charge in [0, 0.05) is 71.8 Å². The van der Waals surface area contributed by atoms with Crippen LogP contribution in [-0.4, -0.2) is 115 Å². The van der Waals surface area contributed by atoms with E-state index in [0.717, 1.165) is 110 Å². The second-order valence-electron chi connectivity index (χ2n) is 18.7. The van der Waals surface area contributed by atoms with Crippen molar-refractivity contribution < 1.29 is 32.6 Å². The minimum Gasteiger partial charge on any atom is -0.381 e. The van der Waals surface area contributed by atoms with Gasteiger partial charge in [-0.25, -0.2) is 23.1 Å². The van der Waals surface area contributed by atoms with E-state index in [2.05, 4.69) is 42.5 Å². The first-order valence-corrected chi connectivity index (χ1v) is 23.2. The molecule has 3 amide bonds. The molecule has 66 heavy (non-hydrogen) atoms. The maximum Gasteiger partial charge on any atom is 0.329 e. The number of rotatable bonds is 10. The highest BCUT2D eigenvalue weighted by Gasteiger charge is 2.40. The molecule has 1 saturated carbocycles. The molecule has 1 aliphatic carbocycles. The first-order valence-electron chi connectivity index (χ1n) is 23.2. The van der Waals surface area contributed by atoms with Crippen molar-refractivity contribution in [3.63, 3.8) is 0 Å². The SMILES string of the molecule is Cn1c(=O)n(C2CCC(=O)NC2=O)c2cccc(C#CCOC3CCN(CC4CCC(n5cc(NC(=O)c6cnn7ccc(N8CCC9(CCOCC9)C8)nc67)c(C(F)F)n5)CC4)CC3)c21. The van der Waals surface area contributed by atoms with E-state index < -0.39 is 30.0 Å². The van der Waals surface area contributed by atoms with Crippen molar-refractivity contribution in [1.82, 2.24) is 43.7 Å². The quantitative estimate of drug-likeness (QED) is 0.142. The molecule has 5 aromatic rings. The van der Waals surface area contributed by atoms with Gasteiger partial charge in [0.1, 0.15) is 24.0 Å². The van der Waals surface area contributed by atoms with Crippen molar-refractivity contribution in [2.75, 3.05) is 62.8 Å². The van der Waals surface area contributed by atoms with Gasteiger partial charge in [-0.3, -0.25) is 33.5 Å². The van der Waals surface area contributed by atoms with Gasteiger partial charge in [0.2, 0.25) is 11.8 Å². The number of imide groups is 1. The van der Waals surface area contributed by atoms with E-state index in [1.54, 1.807) is 30.2 Å². The lowest BCUT2D eigenvalue weighted by Gasteiger charge is -2.36. The molecule has 0 bridgehead atoms. The number of alkyl halides is 2. The number of carbonyl (C=O) groups excluding carboxylic acids is 3. The minimum absolute atomic E-state index is 0.00394. The first kappa shape index (κ1) is 43.9. The number of halogens is 2. The second kappa shape index (κ2) is 18.4. The maximum absolute atomic E-state index is 14.4. The number of ether oxygens (including phenoxy) is 2. The number of aromatic nitrogens is 7. The number of nitrogens with one attached hydrogen (secondary N) is 2. The van der Waals surface area contributed by atoms with Gasteiger partial charge in [-0.1, -0.05) is 17.9 Å². The Morgan fingerprint density at radius 1 is 1.03 bits per heavy atom. The van der Waals surface area contributed by atoms with Gasteiger partial charge < -0.3 is 24.6 Å². The van der Waals surface area contributed by atoms with Crippen LogP contribution in [0.2, 0.25) is 0 Å². The lowest BCUT2D eigenvalue weighted by molar-refractivity contribution is -0.135. The minimum atomic E-state index is -2.86. The van der Waals surface area contributed by atoms with Crippen molar-refractivity contribution in [3.8, 4) is 11.8 Å². The summed E-state index contributed by atoms with van der Waals surface area (Å²) in [6.07, 6.45) is 10.8. The molecule has 4 saturated heterocycles. The van der Waals surface area contributed by atoms with E-state index in [4.69, 9.17) is 14.5 Å². The number of para-hydroxylation sites is 1. The number of benzene rings is 1. The molecule has 8 heterocycles. The van der Waals surface area contributed by atoms with Crippen LogP contribution < -0.4 is 21.2 Å². The smallest absolute Gasteiger partial charge is 0.329 e. The fourth-order valence-corrected chi connectivity index (χ4v) is 10.9. The normalized spacial score (nSPS) is 22.9. The number of anilines is 2. The Kier molecular flexibility index (Phi) is 12.2. The summed E-state index contributed by atoms with van der Waals surface area (Å²) in [4.78, 5) is 60.8. The van der Waals surface area contributed by atoms with E-state index >= 15 is 0 Å². The lowest BCUT2D eigenvalue weighted by Crippen LogP contribution is -2.44. The predicted molar refractivity (Wildman–Crippen MR) is 239 cm³/mol. The van der Waals surface area contributed by atoms with Crippen molar-refractivity contribution in [3.05, 3.63) is 70.2 Å². The van der Waals surface area contributed by atoms with Crippen LogP contribution in [-0.2, 0) is 26.1 Å². The van der Waals surface area contributed by atoms with Crippen LogP contribution in [0.4, 0.5) is 20.3 Å². The molecule has 19 heteroatoms. The maximum atomic E-state index is 14.4. The highest BCUT2D eigenvalue weighted by Crippen LogP contribution is 2.41. The molecule has 1 atom stereocenters. The fourth-order valence-electron chi connectivity index (χ4n) is 10.9. The Bertz CT molecular complexity index is 2760. The van der Waals surface area contributed by atoms with Crippen LogP contribution in [0.5, 0.6) is 0 Å². The zero-order valence-corrected chi connectivity index (χ0v) is 37.1. The summed E-state index contributed by atoms with van der Waals surface area (Å²) in [5.41, 5.74) is 1.89. The molecule has 2 N–H and O–H groups in total. The summed E-state index contributed by atoms with van der Waals surface area (Å²) in [6, 6.07) is 6.53. The topological polar surface area (TPSA) is 175 Å². The Morgan fingerprint density at radius 3 is 2.61 bits per heavy atom. The van der Waals surface area contributed by atoms with Gasteiger partial charge >= 0.3 is 5.69 Å². The Morgan fingerprint density at radius 2 is 1.83 bits per heavy atom. The van der Waals surface area contributed by atoms with Crippen LogP contribution in [0.15, 0.2) is 47.7 Å². The third-order valence-corrected chi connectivity index (χ3v) is 14.6. The van der Waals surface area contributed by atoms with Crippen molar-refractivity contribution >= 4 is 45.9 Å². The van der Waals surface area contributed by atoms with E-state index in [9.17, 15) is 28.0 Å². The van der Waals surface area contributed by atoms with Gasteiger partial charge in [0.25, 0.3) is 12.3 Å². The Hall–Kier alpha value is -5.97. The van der Waals surface area contributed by atoms with Crippen molar-refractivity contribution in [1.29, 1.82) is 0 Å². The Labute approximate surface area is 379 Å². The molecule has 4 aliphatic heterocycles. The van der Waals surface area contributed by atoms with Gasteiger partial charge in [-0.15, -0.1) is 0 Å². The van der Waals surface area contributed by atoms with E-state index in [0.29, 0.717) is 28.2 Å². The van der Waals surface area contributed by atoms with Crippen molar-refractivity contribution in [2.45, 2.75) is 95.2 Å². The summed E-state index contributed by atoms with van der Waals surface area (Å²) in [5.74, 6) is 6.16. The highest BCUT2D eigenvalue weighted by molar-refractivity contribution is 6.08. The number of carbonyl (C=O) groups is 3. The number of imidazole rings is 1. The molecule has 10 rings (SSSR count). The van der Waals surface area contributed by atoms with Crippen LogP contribution in [0, 0.1) is 23.2 Å². The summed E-state index contributed by atoms with van der Waals surface area (Å²) < 4.78 is 46.6. The fraction of sp³-hybridized carbons (Fsp3) is 0.553. The first-order chi connectivity index (χ1) is 32.0. The van der Waals surface area contributed by atoms with Crippen LogP contribution in [0.25, 0.3) is 16.7 Å². The Balaban J connectivity index is 0.698. The molecule has 348 valence electrons. The monoisotopic (exact) mass is 907 g/mol. The number of hydrogen-bond acceptors (Lipinski definition) is 11. The molecular weight excluding hydrogens is 853 g/mol. The zero-order chi connectivity index (χ0) is 45.5. The van der Waals surface area contributed by atoms with Crippen LogP contribution in [0.3, 0.4) is 0 Å². The summed E-state index contributed by atoms with van der Waals surface area (Å²) >= 11 is 0. The summed E-state index contributed by atoms with van der Waals surface area (Å²) in [6.45, 7) is 6.31. The van der Waals surface area contributed by atoms with Crippen LogP contribution in [0.1, 0.15) is 111 Å². The molecule has 1 aromatic carbocycles. The van der Waals surface area contributed by atoms with E-state index in [-0.39, 0.29) is 59.9 Å². The molecule has 1 spiro atoms. The molecule has 5 fully saturated rings. The van der Waals surface area contributed by atoms with Crippen LogP contribution >= 0.6 is 0 Å². The lowest BCUT2D eigenvalue weighted by atomic mass is 9.80. The molecule has 4 aromatic heterocycles. The van der Waals surface area contributed by atoms with Gasteiger partial charge in [-0.2, -0.15) is 10.2 Å². The molecule has 5 aliphatic rings. The zero-order valence-electron chi connectivity index (χ0n) is 37.1. The number of likely N-dealkylation sites (tertiary alicyclic amines) is 1. The van der Waals surface area contributed by atoms with E-state index in [1.807, 2.05) is 18.2 Å². The van der Waals surface area contributed by atoms with Crippen molar-refractivity contribution in [2.24, 2.45) is 18.4 Å². The van der Waals surface area contributed by atoms with Gasteiger partial charge in [0.15, 0.2) is 11.3 Å². The van der Waals surface area contributed by atoms with E-state index in [1.165, 1.54) is 19.8 Å². The molecule has 1 unspecified atom stereocenters. The number of fused-ring (bicyclic) bond motifs is 2. The predicted octanol–water partition coefficient (Wildman–Crippen LogP) is 5.02. The highest BCUT2D eigenvalue weighted by atomic mass is 19.3. The average Bonchev–Trinajstić information content (AvgIpc) is 4.11. The largest absolute Gasteiger partial charge is 0.381 e. The van der Waals surface area contributed by atoms with Gasteiger partial charge in [-0.05, 0) is 93.7 Å². The van der Waals surface area contributed by atoms with Gasteiger partial charge in [0.05, 0.1) is 40.6 Å². The number of piperidine rings is 2. The summed E-state index contributed by atoms with van der Waals surface area (Å²) in [5, 5.41) is 13.7. The molecule has 0 radical (unpaired) electrons. The number of hydrogen-bond donors (Lipinski definition) is 2. The second-order valence-corrected chi connectivity index (χ2v) is 18.7. The molecular formula is C47H55F2N11O6. The number of amides is 3. The number of aryl methyl sites for hydroxylation is 1. The molecule has 17 nitrogen and oxygen atoms in total. The number of nitrogens with zero attached hydrogens (tertiary/aromatic N) is 9. The third kappa shape index (κ3) is 8.73. The standard InChI is InChI=1S/C47H55F2N11O6/c1-55-41-31(4-2-6-36(41)60(46(55)64)37-11-12-39(61)53-45(37)63)5-3-23-66-33-13-19-56(20-14-33)27-30-7-9-32(10-8-30)59-28-35(40(54-59)42(48)49)51-44(62)34-26-50-58-21-15-38(52-43(34)58)57-22-16-47(29-57)17-24-65-25-18-47/h2,4,6,15,21,26,28,30,32-33,37,42H,7-14,16-20,22-25,27,29H2,1H3,(H,51,62)(H,53,61,63). The summed E-state index contributed by atoms with van der Waals surface area (Å²) in [7, 11) is 1.66.